The summed E-state index contributed by atoms with van der Waals surface area (Å²) in [6, 6.07) is 1.78. The van der Waals surface area contributed by atoms with Crippen LogP contribution in [0.15, 0.2) is 17.2 Å². The molecule has 2 rings (SSSR count). The number of sulfonamides is 1. The topological polar surface area (TPSA) is 54.3 Å². The summed E-state index contributed by atoms with van der Waals surface area (Å²) >= 11 is 0. The Kier molecular flexibility index (Phi) is 4.88. The van der Waals surface area contributed by atoms with Crippen molar-refractivity contribution in [1.29, 1.82) is 0 Å². The monoisotopic (exact) mass is 299 g/mol. The molecule has 0 radical (unpaired) electrons. The second-order valence-corrected chi connectivity index (χ2v) is 7.69. The number of aromatic nitrogens is 1. The highest BCUT2D eigenvalue weighted by Gasteiger charge is 2.27. The third-order valence-corrected chi connectivity index (χ3v) is 5.92. The Balaban J connectivity index is 2.23. The molecule has 0 aliphatic carbocycles. The van der Waals surface area contributed by atoms with Gasteiger partial charge in [0.25, 0.3) is 0 Å². The maximum atomic E-state index is 12.7. The minimum atomic E-state index is -3.34. The van der Waals surface area contributed by atoms with Gasteiger partial charge in [-0.3, -0.25) is 0 Å². The zero-order valence-corrected chi connectivity index (χ0v) is 13.4. The highest BCUT2D eigenvalue weighted by atomic mass is 32.2. The molecule has 0 bridgehead atoms. The van der Waals surface area contributed by atoms with Gasteiger partial charge in [-0.2, -0.15) is 4.31 Å². The zero-order chi connectivity index (χ0) is 14.8. The van der Waals surface area contributed by atoms with Crippen LogP contribution in [-0.2, 0) is 23.6 Å². The largest absolute Gasteiger partial charge is 0.352 e. The average molecular weight is 299 g/mol. The quantitative estimate of drug-likeness (QED) is 0.918. The molecule has 1 aliphatic heterocycles. The average Bonchev–Trinajstić information content (AvgIpc) is 2.62. The van der Waals surface area contributed by atoms with Crippen molar-refractivity contribution in [3.8, 4) is 0 Å². The number of aryl methyl sites for hydroxylation is 1. The van der Waals surface area contributed by atoms with E-state index in [1.807, 2.05) is 18.7 Å². The predicted molar refractivity (Wildman–Crippen MR) is 80.0 cm³/mol. The van der Waals surface area contributed by atoms with E-state index in [1.165, 1.54) is 0 Å². The fraction of sp³-hybridized carbons (Fsp3) is 0.714. The standard InChI is InChI=1S/C14H25N3O2S/c1-12-5-4-7-17(8-6-12)20(18,19)14-9-13(10-15-2)16(3)11-14/h9,11-12,15H,4-8,10H2,1-3H3. The molecule has 6 heteroatoms. The van der Waals surface area contributed by atoms with Gasteiger partial charge in [-0.15, -0.1) is 0 Å². The van der Waals surface area contributed by atoms with Crippen molar-refractivity contribution in [2.75, 3.05) is 20.1 Å². The number of hydrogen-bond donors (Lipinski definition) is 1. The smallest absolute Gasteiger partial charge is 0.244 e. The van der Waals surface area contributed by atoms with E-state index < -0.39 is 10.0 Å². The Morgan fingerprint density at radius 2 is 2.10 bits per heavy atom. The van der Waals surface area contributed by atoms with E-state index >= 15 is 0 Å². The van der Waals surface area contributed by atoms with Crippen LogP contribution in [0.3, 0.4) is 0 Å². The Bertz CT molecular complexity index is 551. The minimum absolute atomic E-state index is 0.416. The van der Waals surface area contributed by atoms with Crippen LogP contribution in [0.1, 0.15) is 31.9 Å². The van der Waals surface area contributed by atoms with Gasteiger partial charge in [-0.25, -0.2) is 8.42 Å². The first-order valence-electron chi connectivity index (χ1n) is 7.25. The second kappa shape index (κ2) is 6.28. The van der Waals surface area contributed by atoms with E-state index in [1.54, 1.807) is 16.6 Å². The van der Waals surface area contributed by atoms with Crippen LogP contribution in [-0.4, -0.2) is 37.4 Å². The number of hydrogen-bond acceptors (Lipinski definition) is 3. The maximum absolute atomic E-state index is 12.7. The van der Waals surface area contributed by atoms with E-state index in [9.17, 15) is 8.42 Å². The van der Waals surface area contributed by atoms with Crippen LogP contribution in [0, 0.1) is 5.92 Å². The van der Waals surface area contributed by atoms with Gasteiger partial charge in [0.05, 0.1) is 0 Å². The van der Waals surface area contributed by atoms with E-state index in [0.29, 0.717) is 30.4 Å². The van der Waals surface area contributed by atoms with Crippen LogP contribution in [0.25, 0.3) is 0 Å². The summed E-state index contributed by atoms with van der Waals surface area (Å²) in [7, 11) is 0.400. The first-order chi connectivity index (χ1) is 9.45. The Morgan fingerprint density at radius 1 is 1.35 bits per heavy atom. The van der Waals surface area contributed by atoms with Crippen LogP contribution in [0.5, 0.6) is 0 Å². The van der Waals surface area contributed by atoms with E-state index in [0.717, 1.165) is 25.0 Å². The Labute approximate surface area is 122 Å². The van der Waals surface area contributed by atoms with E-state index in [-0.39, 0.29) is 0 Å². The summed E-state index contributed by atoms with van der Waals surface area (Å²) in [4.78, 5) is 0.416. The third-order valence-electron chi connectivity index (χ3n) is 4.05. The van der Waals surface area contributed by atoms with Crippen LogP contribution >= 0.6 is 0 Å². The van der Waals surface area contributed by atoms with Gasteiger partial charge in [-0.1, -0.05) is 6.92 Å². The molecule has 2 heterocycles. The summed E-state index contributed by atoms with van der Waals surface area (Å²) in [6.07, 6.45) is 4.74. The Hall–Kier alpha value is -0.850. The van der Waals surface area contributed by atoms with Crippen molar-refractivity contribution in [2.45, 2.75) is 37.6 Å². The SMILES string of the molecule is CNCc1cc(S(=O)(=O)N2CCCC(C)CC2)cn1C. The van der Waals surface area contributed by atoms with Gasteiger partial charge in [0.15, 0.2) is 0 Å². The highest BCUT2D eigenvalue weighted by Crippen LogP contribution is 2.24. The molecule has 1 saturated heterocycles. The van der Waals surface area contributed by atoms with Gasteiger partial charge in [-0.05, 0) is 38.3 Å². The molecule has 1 fully saturated rings. The second-order valence-electron chi connectivity index (χ2n) is 5.75. The van der Waals surface area contributed by atoms with Crippen molar-refractivity contribution >= 4 is 10.0 Å². The first-order valence-corrected chi connectivity index (χ1v) is 8.69. The lowest BCUT2D eigenvalue weighted by Gasteiger charge is -2.19. The van der Waals surface area contributed by atoms with Gasteiger partial charge >= 0.3 is 0 Å². The minimum Gasteiger partial charge on any atom is -0.352 e. The van der Waals surface area contributed by atoms with Gasteiger partial charge < -0.3 is 9.88 Å². The van der Waals surface area contributed by atoms with Crippen molar-refractivity contribution in [1.82, 2.24) is 14.2 Å². The molecule has 0 aromatic carbocycles. The lowest BCUT2D eigenvalue weighted by atomic mass is 10.0. The summed E-state index contributed by atoms with van der Waals surface area (Å²) in [6.45, 7) is 4.15. The molecule has 5 nitrogen and oxygen atoms in total. The predicted octanol–water partition coefficient (Wildman–Crippen LogP) is 1.56. The highest BCUT2D eigenvalue weighted by molar-refractivity contribution is 7.89. The molecule has 1 atom stereocenters. The molecule has 0 amide bonds. The van der Waals surface area contributed by atoms with Crippen molar-refractivity contribution in [2.24, 2.45) is 13.0 Å². The molecule has 1 aliphatic rings. The van der Waals surface area contributed by atoms with Crippen molar-refractivity contribution < 1.29 is 8.42 Å². The molecule has 0 saturated carbocycles. The molecule has 114 valence electrons. The number of nitrogens with zero attached hydrogens (tertiary/aromatic N) is 2. The molecular formula is C14H25N3O2S. The maximum Gasteiger partial charge on any atom is 0.244 e. The summed E-state index contributed by atoms with van der Waals surface area (Å²) in [5.74, 6) is 0.617. The summed E-state index contributed by atoms with van der Waals surface area (Å²) in [5, 5.41) is 3.06. The van der Waals surface area contributed by atoms with Crippen molar-refractivity contribution in [3.63, 3.8) is 0 Å². The van der Waals surface area contributed by atoms with Crippen LogP contribution < -0.4 is 5.32 Å². The van der Waals surface area contributed by atoms with Crippen LogP contribution in [0.2, 0.25) is 0 Å². The van der Waals surface area contributed by atoms with Crippen LogP contribution in [0.4, 0.5) is 0 Å². The first kappa shape index (κ1) is 15.5. The molecule has 1 unspecified atom stereocenters. The molecule has 1 aromatic rings. The van der Waals surface area contributed by atoms with Gasteiger partial charge in [0.2, 0.25) is 10.0 Å². The number of nitrogens with one attached hydrogen (secondary N) is 1. The summed E-state index contributed by atoms with van der Waals surface area (Å²) in [5.41, 5.74) is 0.981. The van der Waals surface area contributed by atoms with Gasteiger partial charge in [0, 0.05) is 38.6 Å². The molecular weight excluding hydrogens is 274 g/mol. The Morgan fingerprint density at radius 3 is 2.80 bits per heavy atom. The lowest BCUT2D eigenvalue weighted by Crippen LogP contribution is -2.31. The molecule has 20 heavy (non-hydrogen) atoms. The molecule has 1 N–H and O–H groups in total. The fourth-order valence-electron chi connectivity index (χ4n) is 2.70. The molecule has 0 spiro atoms. The fourth-order valence-corrected chi connectivity index (χ4v) is 4.29. The normalized spacial score (nSPS) is 21.9. The van der Waals surface area contributed by atoms with Crippen molar-refractivity contribution in [3.05, 3.63) is 18.0 Å². The van der Waals surface area contributed by atoms with Gasteiger partial charge in [0.1, 0.15) is 4.90 Å². The van der Waals surface area contributed by atoms with E-state index in [4.69, 9.17) is 0 Å². The summed E-state index contributed by atoms with van der Waals surface area (Å²) < 4.78 is 28.9. The lowest BCUT2D eigenvalue weighted by molar-refractivity contribution is 0.416. The number of rotatable bonds is 4. The van der Waals surface area contributed by atoms with E-state index in [2.05, 4.69) is 12.2 Å². The zero-order valence-electron chi connectivity index (χ0n) is 12.6. The third kappa shape index (κ3) is 3.24. The molecule has 1 aromatic heterocycles.